The predicted octanol–water partition coefficient (Wildman–Crippen LogP) is 5.03. The van der Waals surface area contributed by atoms with E-state index in [4.69, 9.17) is 0 Å². The molecule has 0 aliphatic rings. The summed E-state index contributed by atoms with van der Waals surface area (Å²) in [6.45, 7) is 19.6. The first-order valence-electron chi connectivity index (χ1n) is 7.44. The van der Waals surface area contributed by atoms with E-state index in [2.05, 4.69) is 58.4 Å². The summed E-state index contributed by atoms with van der Waals surface area (Å²) in [5.74, 6) is 0.560. The fourth-order valence-corrected chi connectivity index (χ4v) is 1.62. The number of nitrogens with zero attached hydrogens (tertiary/aromatic N) is 2. The molecule has 1 heterocycles. The fraction of sp³-hybridized carbons (Fsp3) is 0.765. The van der Waals surface area contributed by atoms with Gasteiger partial charge in [-0.3, -0.25) is 9.97 Å². The van der Waals surface area contributed by atoms with Gasteiger partial charge in [-0.1, -0.05) is 62.3 Å². The zero-order valence-corrected chi connectivity index (χ0v) is 14.3. The van der Waals surface area contributed by atoms with Crippen LogP contribution in [0.25, 0.3) is 0 Å². The molecule has 0 unspecified atom stereocenters. The number of hydrogen-bond donors (Lipinski definition) is 0. The lowest BCUT2D eigenvalue weighted by molar-refractivity contribution is 0.359. The zero-order valence-electron chi connectivity index (χ0n) is 14.3. The Hall–Kier alpha value is -0.920. The van der Waals surface area contributed by atoms with E-state index in [1.54, 1.807) is 0 Å². The molecular weight excluding hydrogens is 232 g/mol. The van der Waals surface area contributed by atoms with Gasteiger partial charge in [0.15, 0.2) is 0 Å². The Kier molecular flexibility index (Phi) is 6.68. The molecule has 0 atom stereocenters. The maximum atomic E-state index is 4.59. The molecule has 0 aromatic carbocycles. The molecule has 2 heteroatoms. The maximum Gasteiger partial charge on any atom is 0.0645 e. The summed E-state index contributed by atoms with van der Waals surface area (Å²) in [7, 11) is 0. The van der Waals surface area contributed by atoms with Crippen LogP contribution in [0.3, 0.4) is 0 Å². The average molecular weight is 264 g/mol. The van der Waals surface area contributed by atoms with Crippen LogP contribution in [0.15, 0.2) is 12.4 Å². The van der Waals surface area contributed by atoms with Crippen LogP contribution < -0.4 is 0 Å². The van der Waals surface area contributed by atoms with Crippen molar-refractivity contribution >= 4 is 0 Å². The molecule has 0 amide bonds. The summed E-state index contributed by atoms with van der Waals surface area (Å²) >= 11 is 0. The SMILES string of the molecule is CC.CC(C)C(C)(C)c1cnc(CC(C)(C)C)cn1. The van der Waals surface area contributed by atoms with Crippen LogP contribution in [-0.2, 0) is 11.8 Å². The predicted molar refractivity (Wildman–Crippen MR) is 84.4 cm³/mol. The van der Waals surface area contributed by atoms with Gasteiger partial charge in [-0.15, -0.1) is 0 Å². The van der Waals surface area contributed by atoms with E-state index in [0.29, 0.717) is 5.92 Å². The Bertz CT molecular complexity index is 356. The molecule has 0 N–H and O–H groups in total. The Balaban J connectivity index is 0.00000154. The van der Waals surface area contributed by atoms with Crippen LogP contribution in [0.2, 0.25) is 0 Å². The van der Waals surface area contributed by atoms with Gasteiger partial charge in [-0.25, -0.2) is 0 Å². The minimum absolute atomic E-state index is 0.0905. The molecule has 0 spiro atoms. The van der Waals surface area contributed by atoms with E-state index in [1.807, 2.05) is 26.2 Å². The minimum atomic E-state index is 0.0905. The Morgan fingerprint density at radius 1 is 0.947 bits per heavy atom. The molecule has 0 fully saturated rings. The van der Waals surface area contributed by atoms with Gasteiger partial charge in [0.25, 0.3) is 0 Å². The second kappa shape index (κ2) is 7.02. The van der Waals surface area contributed by atoms with Crippen molar-refractivity contribution in [3.63, 3.8) is 0 Å². The molecule has 0 radical (unpaired) electrons. The van der Waals surface area contributed by atoms with Crippen LogP contribution >= 0.6 is 0 Å². The quantitative estimate of drug-likeness (QED) is 0.765. The molecule has 0 saturated heterocycles. The first-order valence-corrected chi connectivity index (χ1v) is 7.44. The van der Waals surface area contributed by atoms with Gasteiger partial charge in [-0.2, -0.15) is 0 Å². The normalized spacial score (nSPS) is 12.1. The number of hydrogen-bond acceptors (Lipinski definition) is 2. The molecule has 1 aromatic heterocycles. The average Bonchev–Trinajstić information content (AvgIpc) is 2.30. The van der Waals surface area contributed by atoms with E-state index in [1.165, 1.54) is 0 Å². The highest BCUT2D eigenvalue weighted by Gasteiger charge is 2.26. The van der Waals surface area contributed by atoms with E-state index in [0.717, 1.165) is 17.8 Å². The fourth-order valence-electron chi connectivity index (χ4n) is 1.62. The molecule has 0 saturated carbocycles. The van der Waals surface area contributed by atoms with Gasteiger partial charge in [0.2, 0.25) is 0 Å². The smallest absolute Gasteiger partial charge is 0.0645 e. The first kappa shape index (κ1) is 18.1. The third-order valence-electron chi connectivity index (χ3n) is 3.52. The van der Waals surface area contributed by atoms with Crippen LogP contribution in [0.1, 0.15) is 73.7 Å². The number of rotatable bonds is 3. The number of aromatic nitrogens is 2. The molecule has 2 nitrogen and oxygen atoms in total. The molecule has 0 aliphatic heterocycles. The highest BCUT2D eigenvalue weighted by Crippen LogP contribution is 2.29. The third-order valence-corrected chi connectivity index (χ3v) is 3.52. The third kappa shape index (κ3) is 5.71. The minimum Gasteiger partial charge on any atom is -0.258 e. The summed E-state index contributed by atoms with van der Waals surface area (Å²) in [4.78, 5) is 9.14. The van der Waals surface area contributed by atoms with E-state index in [9.17, 15) is 0 Å². The van der Waals surface area contributed by atoms with Gasteiger partial charge < -0.3 is 0 Å². The van der Waals surface area contributed by atoms with Crippen molar-refractivity contribution < 1.29 is 0 Å². The first-order chi connectivity index (χ1) is 8.63. The van der Waals surface area contributed by atoms with Gasteiger partial charge >= 0.3 is 0 Å². The summed E-state index contributed by atoms with van der Waals surface area (Å²) in [6, 6.07) is 0. The zero-order chi connectivity index (χ0) is 15.3. The van der Waals surface area contributed by atoms with Crippen molar-refractivity contribution in [2.24, 2.45) is 11.3 Å². The molecule has 0 aliphatic carbocycles. The van der Waals surface area contributed by atoms with Crippen LogP contribution in [0.5, 0.6) is 0 Å². The highest BCUT2D eigenvalue weighted by molar-refractivity contribution is 5.13. The molecule has 1 rings (SSSR count). The lowest BCUT2D eigenvalue weighted by Crippen LogP contribution is -2.26. The van der Waals surface area contributed by atoms with Crippen molar-refractivity contribution in [1.29, 1.82) is 0 Å². The summed E-state index contributed by atoms with van der Waals surface area (Å²) in [5.41, 5.74) is 2.53. The monoisotopic (exact) mass is 264 g/mol. The molecule has 19 heavy (non-hydrogen) atoms. The van der Waals surface area contributed by atoms with Crippen LogP contribution in [0.4, 0.5) is 0 Å². The van der Waals surface area contributed by atoms with E-state index in [-0.39, 0.29) is 10.8 Å². The van der Waals surface area contributed by atoms with Crippen molar-refractivity contribution in [3.05, 3.63) is 23.8 Å². The van der Waals surface area contributed by atoms with Crippen molar-refractivity contribution in [3.8, 4) is 0 Å². The van der Waals surface area contributed by atoms with Crippen LogP contribution in [0, 0.1) is 11.3 Å². The van der Waals surface area contributed by atoms with Gasteiger partial charge in [0.1, 0.15) is 0 Å². The van der Waals surface area contributed by atoms with Gasteiger partial charge in [0.05, 0.1) is 11.4 Å². The molecule has 0 bridgehead atoms. The van der Waals surface area contributed by atoms with E-state index >= 15 is 0 Å². The largest absolute Gasteiger partial charge is 0.258 e. The summed E-state index contributed by atoms with van der Waals surface area (Å²) < 4.78 is 0. The maximum absolute atomic E-state index is 4.59. The molecular formula is C17H32N2. The van der Waals surface area contributed by atoms with E-state index < -0.39 is 0 Å². The van der Waals surface area contributed by atoms with Crippen molar-refractivity contribution in [1.82, 2.24) is 9.97 Å². The van der Waals surface area contributed by atoms with Crippen molar-refractivity contribution in [2.45, 2.75) is 74.1 Å². The topological polar surface area (TPSA) is 25.8 Å². The second-order valence-electron chi connectivity index (χ2n) is 7.01. The lowest BCUT2D eigenvalue weighted by Gasteiger charge is -2.28. The van der Waals surface area contributed by atoms with Gasteiger partial charge in [0, 0.05) is 17.8 Å². The van der Waals surface area contributed by atoms with Crippen molar-refractivity contribution in [2.75, 3.05) is 0 Å². The van der Waals surface area contributed by atoms with Crippen LogP contribution in [-0.4, -0.2) is 9.97 Å². The molecule has 1 aromatic rings. The Labute approximate surface area is 120 Å². The second-order valence-corrected chi connectivity index (χ2v) is 7.01. The highest BCUT2D eigenvalue weighted by atomic mass is 14.8. The summed E-state index contributed by atoms with van der Waals surface area (Å²) in [5, 5.41) is 0. The Morgan fingerprint density at radius 2 is 1.47 bits per heavy atom. The summed E-state index contributed by atoms with van der Waals surface area (Å²) in [6.07, 6.45) is 4.86. The van der Waals surface area contributed by atoms with Gasteiger partial charge in [-0.05, 0) is 17.8 Å². The molecule has 110 valence electrons. The standard InChI is InChI=1S/C15H26N2.C2H6/c1-11(2)15(6,7)13-10-16-12(9-17-13)8-14(3,4)5;1-2/h9-11H,8H2,1-7H3;1-2H3. The Morgan fingerprint density at radius 3 is 1.79 bits per heavy atom. The lowest BCUT2D eigenvalue weighted by atomic mass is 9.78.